The molecule has 0 atom stereocenters. The normalized spacial score (nSPS) is 13.8. The molecule has 1 aliphatic heterocycles. The fourth-order valence-electron chi connectivity index (χ4n) is 2.34. The number of hydrogen-bond acceptors (Lipinski definition) is 4. The molecule has 2 aromatic rings. The molecule has 1 aromatic carbocycles. The van der Waals surface area contributed by atoms with E-state index in [1.165, 1.54) is 0 Å². The average molecular weight is 273 g/mol. The molecule has 3 rings (SSSR count). The summed E-state index contributed by atoms with van der Waals surface area (Å²) in [6.45, 7) is 6.35. The summed E-state index contributed by atoms with van der Waals surface area (Å²) in [5.74, 6) is 2.75. The number of hydrogen-bond donors (Lipinski definition) is 1. The lowest BCUT2D eigenvalue weighted by Crippen LogP contribution is -2.15. The van der Waals surface area contributed by atoms with Crippen LogP contribution < -0.4 is 15.2 Å². The van der Waals surface area contributed by atoms with Crippen LogP contribution in [0.5, 0.6) is 11.5 Å². The Bertz CT molecular complexity index is 620. The topological polar surface area (TPSA) is 62.3 Å². The third kappa shape index (κ3) is 2.31. The Balaban J connectivity index is 1.95. The predicted molar refractivity (Wildman–Crippen MR) is 77.9 cm³/mol. The zero-order valence-electron chi connectivity index (χ0n) is 11.8. The van der Waals surface area contributed by atoms with Crippen molar-refractivity contribution in [2.24, 2.45) is 5.92 Å². The first kappa shape index (κ1) is 12.8. The van der Waals surface area contributed by atoms with E-state index in [-0.39, 0.29) is 0 Å². The Morgan fingerprint density at radius 2 is 2.00 bits per heavy atom. The van der Waals surface area contributed by atoms with Crippen LogP contribution in [0.15, 0.2) is 24.5 Å². The van der Waals surface area contributed by atoms with Gasteiger partial charge in [-0.15, -0.1) is 0 Å². The third-order valence-corrected chi connectivity index (χ3v) is 3.26. The van der Waals surface area contributed by atoms with Crippen LogP contribution in [0.2, 0.25) is 0 Å². The zero-order chi connectivity index (χ0) is 14.1. The number of anilines is 1. The Hall–Kier alpha value is -2.17. The lowest BCUT2D eigenvalue weighted by atomic mass is 10.1. The molecule has 106 valence electrons. The standard InChI is InChI=1S/C15H19N3O2/c1-10(2)8-18-9-17-14(15(18)16)11-3-4-12-13(7-11)20-6-5-19-12/h3-4,7,9-10H,5-6,8,16H2,1-2H3. The summed E-state index contributed by atoms with van der Waals surface area (Å²) < 4.78 is 13.1. The van der Waals surface area contributed by atoms with Crippen LogP contribution in [0.3, 0.4) is 0 Å². The molecule has 0 fully saturated rings. The second-order valence-electron chi connectivity index (χ2n) is 5.38. The highest BCUT2D eigenvalue weighted by atomic mass is 16.6. The highest BCUT2D eigenvalue weighted by Crippen LogP contribution is 2.35. The van der Waals surface area contributed by atoms with Crippen molar-refractivity contribution in [3.05, 3.63) is 24.5 Å². The molecule has 1 aliphatic rings. The van der Waals surface area contributed by atoms with E-state index in [0.717, 1.165) is 29.3 Å². The van der Waals surface area contributed by atoms with Gasteiger partial charge in [0.15, 0.2) is 11.5 Å². The third-order valence-electron chi connectivity index (χ3n) is 3.26. The highest BCUT2D eigenvalue weighted by molar-refractivity contribution is 5.72. The molecule has 1 aromatic heterocycles. The molecule has 0 saturated heterocycles. The summed E-state index contributed by atoms with van der Waals surface area (Å²) in [5.41, 5.74) is 7.94. The van der Waals surface area contributed by atoms with Crippen molar-refractivity contribution in [3.8, 4) is 22.8 Å². The van der Waals surface area contributed by atoms with E-state index in [4.69, 9.17) is 15.2 Å². The van der Waals surface area contributed by atoms with Gasteiger partial charge in [-0.2, -0.15) is 0 Å². The number of ether oxygens (including phenoxy) is 2. The molecule has 5 heteroatoms. The predicted octanol–water partition coefficient (Wildman–Crippen LogP) is 2.56. The van der Waals surface area contributed by atoms with Gasteiger partial charge in [-0.3, -0.25) is 0 Å². The lowest BCUT2D eigenvalue weighted by Gasteiger charge is -2.18. The number of imidazole rings is 1. The van der Waals surface area contributed by atoms with Crippen LogP contribution in [-0.2, 0) is 6.54 Å². The lowest BCUT2D eigenvalue weighted by molar-refractivity contribution is 0.171. The minimum Gasteiger partial charge on any atom is -0.486 e. The van der Waals surface area contributed by atoms with Gasteiger partial charge in [0.05, 0.1) is 6.33 Å². The van der Waals surface area contributed by atoms with Crippen LogP contribution in [0.25, 0.3) is 11.3 Å². The molecule has 0 spiro atoms. The molecule has 0 saturated carbocycles. The number of fused-ring (bicyclic) bond motifs is 1. The molecule has 0 radical (unpaired) electrons. The van der Waals surface area contributed by atoms with E-state index in [1.54, 1.807) is 6.33 Å². The second-order valence-corrected chi connectivity index (χ2v) is 5.38. The molecule has 20 heavy (non-hydrogen) atoms. The number of aromatic nitrogens is 2. The van der Waals surface area contributed by atoms with E-state index in [9.17, 15) is 0 Å². The largest absolute Gasteiger partial charge is 0.486 e. The van der Waals surface area contributed by atoms with Crippen molar-refractivity contribution < 1.29 is 9.47 Å². The fraction of sp³-hybridized carbons (Fsp3) is 0.400. The summed E-state index contributed by atoms with van der Waals surface area (Å²) >= 11 is 0. The van der Waals surface area contributed by atoms with E-state index in [2.05, 4.69) is 18.8 Å². The minimum atomic E-state index is 0.527. The smallest absolute Gasteiger partial charge is 0.162 e. The van der Waals surface area contributed by atoms with Crippen LogP contribution in [0, 0.1) is 5.92 Å². The molecule has 5 nitrogen and oxygen atoms in total. The molecule has 2 heterocycles. The van der Waals surface area contributed by atoms with Crippen LogP contribution in [-0.4, -0.2) is 22.8 Å². The Morgan fingerprint density at radius 1 is 1.25 bits per heavy atom. The summed E-state index contributed by atoms with van der Waals surface area (Å²) in [6, 6.07) is 5.81. The van der Waals surface area contributed by atoms with Gasteiger partial charge >= 0.3 is 0 Å². The number of nitrogens with two attached hydrogens (primary N) is 1. The maximum absolute atomic E-state index is 6.19. The van der Waals surface area contributed by atoms with E-state index in [1.807, 2.05) is 22.8 Å². The minimum absolute atomic E-state index is 0.527. The van der Waals surface area contributed by atoms with Gasteiger partial charge in [-0.25, -0.2) is 4.98 Å². The van der Waals surface area contributed by atoms with Crippen molar-refractivity contribution in [1.82, 2.24) is 9.55 Å². The monoisotopic (exact) mass is 273 g/mol. The SMILES string of the molecule is CC(C)Cn1cnc(-c2ccc3c(c2)OCCO3)c1N. The van der Waals surface area contributed by atoms with E-state index in [0.29, 0.717) is 24.9 Å². The van der Waals surface area contributed by atoms with Crippen molar-refractivity contribution in [3.63, 3.8) is 0 Å². The summed E-state index contributed by atoms with van der Waals surface area (Å²) in [4.78, 5) is 4.43. The van der Waals surface area contributed by atoms with Gasteiger partial charge in [0, 0.05) is 12.1 Å². The quantitative estimate of drug-likeness (QED) is 0.933. The number of rotatable bonds is 3. The Morgan fingerprint density at radius 3 is 2.75 bits per heavy atom. The zero-order valence-corrected chi connectivity index (χ0v) is 11.8. The van der Waals surface area contributed by atoms with Crippen molar-refractivity contribution >= 4 is 5.82 Å². The van der Waals surface area contributed by atoms with E-state index < -0.39 is 0 Å². The molecule has 0 unspecified atom stereocenters. The molecule has 0 amide bonds. The highest BCUT2D eigenvalue weighted by Gasteiger charge is 2.16. The average Bonchev–Trinajstić information content (AvgIpc) is 2.79. The van der Waals surface area contributed by atoms with Gasteiger partial charge in [0.25, 0.3) is 0 Å². The first-order valence-corrected chi connectivity index (χ1v) is 6.86. The summed E-state index contributed by atoms with van der Waals surface area (Å²) in [5, 5.41) is 0. The number of nitrogens with zero attached hydrogens (tertiary/aromatic N) is 2. The van der Waals surface area contributed by atoms with Gasteiger partial charge < -0.3 is 19.8 Å². The Kier molecular flexibility index (Phi) is 3.26. The van der Waals surface area contributed by atoms with Crippen LogP contribution in [0.1, 0.15) is 13.8 Å². The number of benzene rings is 1. The maximum Gasteiger partial charge on any atom is 0.162 e. The Labute approximate surface area is 118 Å². The van der Waals surface area contributed by atoms with E-state index >= 15 is 0 Å². The first-order valence-electron chi connectivity index (χ1n) is 6.86. The first-order chi connectivity index (χ1) is 9.65. The van der Waals surface area contributed by atoms with Gasteiger partial charge in [-0.05, 0) is 24.1 Å². The van der Waals surface area contributed by atoms with Crippen LogP contribution in [0.4, 0.5) is 5.82 Å². The molecule has 0 bridgehead atoms. The van der Waals surface area contributed by atoms with Crippen LogP contribution >= 0.6 is 0 Å². The van der Waals surface area contributed by atoms with Gasteiger partial charge in [-0.1, -0.05) is 13.8 Å². The summed E-state index contributed by atoms with van der Waals surface area (Å²) in [7, 11) is 0. The molecular weight excluding hydrogens is 254 g/mol. The van der Waals surface area contributed by atoms with Crippen molar-refractivity contribution in [1.29, 1.82) is 0 Å². The molecule has 2 N–H and O–H groups in total. The molecular formula is C15H19N3O2. The molecule has 0 aliphatic carbocycles. The second kappa shape index (κ2) is 5.07. The van der Waals surface area contributed by atoms with Gasteiger partial charge in [0.2, 0.25) is 0 Å². The van der Waals surface area contributed by atoms with Gasteiger partial charge in [0.1, 0.15) is 24.7 Å². The van der Waals surface area contributed by atoms with Crippen molar-refractivity contribution in [2.45, 2.75) is 20.4 Å². The fourth-order valence-corrected chi connectivity index (χ4v) is 2.34. The number of nitrogen functional groups attached to an aromatic ring is 1. The summed E-state index contributed by atoms with van der Waals surface area (Å²) in [6.07, 6.45) is 1.79. The maximum atomic E-state index is 6.19. The van der Waals surface area contributed by atoms with Crippen molar-refractivity contribution in [2.75, 3.05) is 18.9 Å².